The molecule has 0 spiro atoms. The largest absolute Gasteiger partial charge is 0.479 e. The van der Waals surface area contributed by atoms with Gasteiger partial charge in [-0.25, -0.2) is 9.59 Å². The highest BCUT2D eigenvalue weighted by atomic mass is 16.5. The van der Waals surface area contributed by atoms with Crippen LogP contribution in [0.15, 0.2) is 0 Å². The highest BCUT2D eigenvalue weighted by molar-refractivity contribution is 5.72. The summed E-state index contributed by atoms with van der Waals surface area (Å²) in [5.41, 5.74) is 0. The Morgan fingerprint density at radius 2 is 2.08 bits per heavy atom. The molecule has 1 fully saturated rings. The van der Waals surface area contributed by atoms with Gasteiger partial charge in [0.15, 0.2) is 6.10 Å². The second kappa shape index (κ2) is 3.40. The molecule has 0 saturated carbocycles. The number of carboxylic acids is 1. The molecule has 0 aliphatic carbocycles. The van der Waals surface area contributed by atoms with Gasteiger partial charge in [0.2, 0.25) is 0 Å². The average Bonchev–Trinajstić information content (AvgIpc) is 2.04. The van der Waals surface area contributed by atoms with E-state index in [2.05, 4.69) is 0 Å². The monoisotopic (exact) mass is 175 g/mol. The standard InChI is InChI=1S/C6H9NO5/c8-5(9)4-1-2-7(3-12-4)6(10)11/h4H,1-3H2,(H,8,9)(H,10,11). The van der Waals surface area contributed by atoms with E-state index in [1.165, 1.54) is 0 Å². The number of rotatable bonds is 1. The van der Waals surface area contributed by atoms with E-state index >= 15 is 0 Å². The minimum Gasteiger partial charge on any atom is -0.479 e. The van der Waals surface area contributed by atoms with Crippen molar-refractivity contribution in [3.63, 3.8) is 0 Å². The van der Waals surface area contributed by atoms with Crippen molar-refractivity contribution in [2.24, 2.45) is 0 Å². The summed E-state index contributed by atoms with van der Waals surface area (Å²) in [5.74, 6) is -1.04. The van der Waals surface area contributed by atoms with Gasteiger partial charge in [0.05, 0.1) is 0 Å². The molecule has 0 aromatic heterocycles. The molecule has 0 aromatic rings. The molecule has 1 unspecified atom stereocenters. The summed E-state index contributed by atoms with van der Waals surface area (Å²) in [4.78, 5) is 21.7. The SMILES string of the molecule is O=C(O)C1CCN(C(=O)O)CO1. The zero-order chi connectivity index (χ0) is 9.14. The Morgan fingerprint density at radius 3 is 2.42 bits per heavy atom. The normalized spacial score (nSPS) is 23.7. The Balaban J connectivity index is 2.39. The second-order valence-corrected chi connectivity index (χ2v) is 2.46. The van der Waals surface area contributed by atoms with Crippen molar-refractivity contribution in [1.29, 1.82) is 0 Å². The highest BCUT2D eigenvalue weighted by Gasteiger charge is 2.27. The van der Waals surface area contributed by atoms with Gasteiger partial charge in [0.1, 0.15) is 6.73 Å². The van der Waals surface area contributed by atoms with Gasteiger partial charge in [0.25, 0.3) is 0 Å². The Kier molecular flexibility index (Phi) is 2.49. The predicted molar refractivity (Wildman–Crippen MR) is 36.7 cm³/mol. The molecule has 1 atom stereocenters. The Hall–Kier alpha value is -1.30. The van der Waals surface area contributed by atoms with Crippen LogP contribution in [0, 0.1) is 0 Å². The summed E-state index contributed by atoms with van der Waals surface area (Å²) >= 11 is 0. The summed E-state index contributed by atoms with van der Waals surface area (Å²) in [6.45, 7) is 0.0542. The number of amides is 1. The van der Waals surface area contributed by atoms with Crippen LogP contribution in [0.2, 0.25) is 0 Å². The minimum atomic E-state index is -1.08. The van der Waals surface area contributed by atoms with Gasteiger partial charge in [-0.1, -0.05) is 0 Å². The number of nitrogens with zero attached hydrogens (tertiary/aromatic N) is 1. The average molecular weight is 175 g/mol. The molecular weight excluding hydrogens is 166 g/mol. The van der Waals surface area contributed by atoms with Crippen LogP contribution in [-0.4, -0.2) is 46.6 Å². The van der Waals surface area contributed by atoms with E-state index < -0.39 is 18.2 Å². The maximum Gasteiger partial charge on any atom is 0.409 e. The zero-order valence-corrected chi connectivity index (χ0v) is 6.27. The van der Waals surface area contributed by atoms with Crippen LogP contribution in [-0.2, 0) is 9.53 Å². The minimum absolute atomic E-state index is 0.160. The maximum absolute atomic E-state index is 10.3. The molecule has 1 rings (SSSR count). The van der Waals surface area contributed by atoms with E-state index in [0.717, 1.165) is 4.90 Å². The van der Waals surface area contributed by atoms with Crippen LogP contribution in [0.4, 0.5) is 4.79 Å². The first-order valence-electron chi connectivity index (χ1n) is 3.43. The van der Waals surface area contributed by atoms with Crippen LogP contribution >= 0.6 is 0 Å². The second-order valence-electron chi connectivity index (χ2n) is 2.46. The molecule has 0 bridgehead atoms. The van der Waals surface area contributed by atoms with Gasteiger partial charge in [-0.3, -0.25) is 4.90 Å². The molecule has 6 heteroatoms. The zero-order valence-electron chi connectivity index (χ0n) is 6.27. The fourth-order valence-electron chi connectivity index (χ4n) is 0.947. The van der Waals surface area contributed by atoms with Crippen molar-refractivity contribution in [1.82, 2.24) is 4.90 Å². The van der Waals surface area contributed by atoms with Crippen molar-refractivity contribution in [2.45, 2.75) is 12.5 Å². The fraction of sp³-hybridized carbons (Fsp3) is 0.667. The summed E-state index contributed by atoms with van der Waals surface area (Å²) in [7, 11) is 0. The summed E-state index contributed by atoms with van der Waals surface area (Å²) in [5, 5.41) is 16.9. The summed E-state index contributed by atoms with van der Waals surface area (Å²) in [6, 6.07) is 0. The van der Waals surface area contributed by atoms with E-state index in [-0.39, 0.29) is 19.7 Å². The quantitative estimate of drug-likeness (QED) is 0.576. The lowest BCUT2D eigenvalue weighted by Crippen LogP contribution is -2.43. The lowest BCUT2D eigenvalue weighted by atomic mass is 10.2. The molecule has 2 N–H and O–H groups in total. The molecule has 12 heavy (non-hydrogen) atoms. The topological polar surface area (TPSA) is 87.1 Å². The molecule has 6 nitrogen and oxygen atoms in total. The van der Waals surface area contributed by atoms with Gasteiger partial charge in [-0.2, -0.15) is 0 Å². The van der Waals surface area contributed by atoms with Gasteiger partial charge >= 0.3 is 12.1 Å². The van der Waals surface area contributed by atoms with Crippen LogP contribution in [0.1, 0.15) is 6.42 Å². The number of hydrogen-bond acceptors (Lipinski definition) is 3. The van der Waals surface area contributed by atoms with E-state index in [1.54, 1.807) is 0 Å². The van der Waals surface area contributed by atoms with Crippen LogP contribution < -0.4 is 0 Å². The molecule has 1 saturated heterocycles. The van der Waals surface area contributed by atoms with E-state index in [1.807, 2.05) is 0 Å². The van der Waals surface area contributed by atoms with Crippen LogP contribution in [0.3, 0.4) is 0 Å². The van der Waals surface area contributed by atoms with E-state index in [0.29, 0.717) is 0 Å². The Morgan fingerprint density at radius 1 is 1.42 bits per heavy atom. The molecule has 1 aliphatic heterocycles. The van der Waals surface area contributed by atoms with Gasteiger partial charge in [0, 0.05) is 13.0 Å². The van der Waals surface area contributed by atoms with Crippen molar-refractivity contribution in [3.05, 3.63) is 0 Å². The van der Waals surface area contributed by atoms with Crippen LogP contribution in [0.25, 0.3) is 0 Å². The lowest BCUT2D eigenvalue weighted by Gasteiger charge is -2.27. The van der Waals surface area contributed by atoms with Crippen molar-refractivity contribution < 1.29 is 24.5 Å². The van der Waals surface area contributed by atoms with Crippen molar-refractivity contribution in [2.75, 3.05) is 13.3 Å². The molecule has 0 radical (unpaired) electrons. The Bertz CT molecular complexity index is 174. The van der Waals surface area contributed by atoms with Crippen LogP contribution in [0.5, 0.6) is 0 Å². The number of hydrogen-bond donors (Lipinski definition) is 2. The molecular formula is C6H9NO5. The first kappa shape index (κ1) is 8.79. The van der Waals surface area contributed by atoms with Gasteiger partial charge in [-0.15, -0.1) is 0 Å². The third-order valence-corrected chi connectivity index (χ3v) is 1.64. The number of carbonyl (C=O) groups is 2. The fourth-order valence-corrected chi connectivity index (χ4v) is 0.947. The Labute approximate surface area is 68.3 Å². The van der Waals surface area contributed by atoms with Gasteiger partial charge in [-0.05, 0) is 0 Å². The number of carboxylic acid groups (broad SMARTS) is 2. The first-order chi connectivity index (χ1) is 5.61. The molecule has 1 heterocycles. The van der Waals surface area contributed by atoms with Crippen molar-refractivity contribution >= 4 is 12.1 Å². The van der Waals surface area contributed by atoms with Gasteiger partial charge < -0.3 is 14.9 Å². The third kappa shape index (κ3) is 1.85. The van der Waals surface area contributed by atoms with E-state index in [4.69, 9.17) is 14.9 Å². The molecule has 1 amide bonds. The van der Waals surface area contributed by atoms with Crippen molar-refractivity contribution in [3.8, 4) is 0 Å². The number of aliphatic carboxylic acids is 1. The smallest absolute Gasteiger partial charge is 0.409 e. The summed E-state index contributed by atoms with van der Waals surface area (Å²) in [6.07, 6.45) is -1.74. The molecule has 68 valence electrons. The highest BCUT2D eigenvalue weighted by Crippen LogP contribution is 2.09. The lowest BCUT2D eigenvalue weighted by molar-refractivity contribution is -0.158. The number of ether oxygens (including phenoxy) is 1. The predicted octanol–water partition coefficient (Wildman–Crippen LogP) is -0.203. The molecule has 1 aliphatic rings. The third-order valence-electron chi connectivity index (χ3n) is 1.64. The molecule has 0 aromatic carbocycles. The van der Waals surface area contributed by atoms with E-state index in [9.17, 15) is 9.59 Å². The summed E-state index contributed by atoms with van der Waals surface area (Å²) < 4.78 is 4.76. The first-order valence-corrected chi connectivity index (χ1v) is 3.43. The maximum atomic E-state index is 10.3.